The van der Waals surface area contributed by atoms with E-state index in [-0.39, 0.29) is 11.9 Å². The molecule has 0 aliphatic heterocycles. The third-order valence-corrected chi connectivity index (χ3v) is 4.04. The number of nitrogens with zero attached hydrogens (tertiary/aromatic N) is 1. The van der Waals surface area contributed by atoms with Gasteiger partial charge < -0.3 is 5.32 Å². The second-order valence-corrected chi connectivity index (χ2v) is 6.27. The molecule has 1 aromatic carbocycles. The molecule has 1 atom stereocenters. The molecule has 106 valence electrons. The topological polar surface area (TPSA) is 24.9 Å². The van der Waals surface area contributed by atoms with Crippen LogP contribution >= 0.6 is 31.9 Å². The normalized spacial score (nSPS) is 12.4. The zero-order valence-electron chi connectivity index (χ0n) is 11.0. The van der Waals surface area contributed by atoms with Crippen LogP contribution in [0, 0.1) is 5.82 Å². The summed E-state index contributed by atoms with van der Waals surface area (Å²) in [6.45, 7) is 2.93. The first-order chi connectivity index (χ1) is 9.60. The molecule has 0 amide bonds. The molecule has 1 N–H and O–H groups in total. The summed E-state index contributed by atoms with van der Waals surface area (Å²) in [6.07, 6.45) is 4.41. The largest absolute Gasteiger partial charge is 0.310 e. The molecular weight excluding hydrogens is 387 g/mol. The van der Waals surface area contributed by atoms with Gasteiger partial charge in [-0.15, -0.1) is 0 Å². The number of pyridine rings is 1. The number of rotatable bonds is 5. The summed E-state index contributed by atoms with van der Waals surface area (Å²) in [5.74, 6) is -0.238. The Labute approximate surface area is 135 Å². The van der Waals surface area contributed by atoms with Gasteiger partial charge in [-0.3, -0.25) is 4.98 Å². The number of aromatic nitrogens is 1. The zero-order chi connectivity index (χ0) is 14.5. The minimum atomic E-state index is -0.238. The molecule has 0 aliphatic carbocycles. The lowest BCUT2D eigenvalue weighted by Crippen LogP contribution is -2.23. The van der Waals surface area contributed by atoms with Crippen molar-refractivity contribution in [3.8, 4) is 0 Å². The molecule has 2 aromatic rings. The van der Waals surface area contributed by atoms with Crippen molar-refractivity contribution in [1.29, 1.82) is 0 Å². The van der Waals surface area contributed by atoms with Gasteiger partial charge in [0.2, 0.25) is 0 Å². The summed E-state index contributed by atoms with van der Waals surface area (Å²) in [6, 6.07) is 7.34. The van der Waals surface area contributed by atoms with E-state index in [9.17, 15) is 4.39 Å². The van der Waals surface area contributed by atoms with Crippen LogP contribution in [-0.2, 0) is 6.42 Å². The Balaban J connectivity index is 2.22. The maximum atomic E-state index is 13.3. The van der Waals surface area contributed by atoms with Gasteiger partial charge in [0, 0.05) is 22.9 Å². The predicted octanol–water partition coefficient (Wildman–Crippen LogP) is 4.64. The van der Waals surface area contributed by atoms with E-state index in [1.807, 2.05) is 18.3 Å². The maximum absolute atomic E-state index is 13.3. The molecule has 1 unspecified atom stereocenters. The van der Waals surface area contributed by atoms with E-state index in [0.717, 1.165) is 28.6 Å². The first-order valence-corrected chi connectivity index (χ1v) is 7.96. The van der Waals surface area contributed by atoms with Crippen LogP contribution in [-0.4, -0.2) is 11.5 Å². The fourth-order valence-corrected chi connectivity index (χ4v) is 2.88. The minimum Gasteiger partial charge on any atom is -0.310 e. The molecule has 1 heterocycles. The van der Waals surface area contributed by atoms with Crippen LogP contribution < -0.4 is 5.32 Å². The third kappa shape index (κ3) is 4.11. The van der Waals surface area contributed by atoms with Gasteiger partial charge in [-0.1, -0.05) is 13.0 Å². The number of hydrogen-bond donors (Lipinski definition) is 1. The van der Waals surface area contributed by atoms with E-state index < -0.39 is 0 Å². The number of likely N-dealkylation sites (N-methyl/N-ethyl adjacent to an activating group) is 1. The maximum Gasteiger partial charge on any atom is 0.137 e. The molecule has 0 radical (unpaired) electrons. The Morgan fingerprint density at radius 2 is 2.05 bits per heavy atom. The lowest BCUT2D eigenvalue weighted by atomic mass is 10.00. The van der Waals surface area contributed by atoms with E-state index in [4.69, 9.17) is 0 Å². The van der Waals surface area contributed by atoms with Gasteiger partial charge >= 0.3 is 0 Å². The summed E-state index contributed by atoms with van der Waals surface area (Å²) in [4.78, 5) is 4.20. The van der Waals surface area contributed by atoms with E-state index >= 15 is 0 Å². The highest BCUT2D eigenvalue weighted by atomic mass is 79.9. The van der Waals surface area contributed by atoms with Crippen molar-refractivity contribution in [3.63, 3.8) is 0 Å². The molecule has 0 saturated carbocycles. The van der Waals surface area contributed by atoms with Crippen LogP contribution in [0.4, 0.5) is 4.39 Å². The first kappa shape index (κ1) is 15.6. The first-order valence-electron chi connectivity index (χ1n) is 6.38. The zero-order valence-corrected chi connectivity index (χ0v) is 14.2. The van der Waals surface area contributed by atoms with Gasteiger partial charge in [-0.2, -0.15) is 0 Å². The fourth-order valence-electron chi connectivity index (χ4n) is 2.08. The van der Waals surface area contributed by atoms with Gasteiger partial charge in [0.15, 0.2) is 0 Å². The lowest BCUT2D eigenvalue weighted by Gasteiger charge is -2.18. The lowest BCUT2D eigenvalue weighted by molar-refractivity contribution is 0.546. The van der Waals surface area contributed by atoms with E-state index in [1.54, 1.807) is 6.20 Å². The number of halogens is 3. The van der Waals surface area contributed by atoms with Crippen molar-refractivity contribution in [1.82, 2.24) is 10.3 Å². The average Bonchev–Trinajstić information content (AvgIpc) is 2.42. The molecular formula is C15H15Br2FN2. The van der Waals surface area contributed by atoms with Gasteiger partial charge in [0.1, 0.15) is 5.82 Å². The molecule has 0 bridgehead atoms. The quantitative estimate of drug-likeness (QED) is 0.789. The van der Waals surface area contributed by atoms with Gasteiger partial charge in [-0.05, 0) is 74.2 Å². The molecule has 2 rings (SSSR count). The van der Waals surface area contributed by atoms with Gasteiger partial charge in [-0.25, -0.2) is 4.39 Å². The molecule has 1 aromatic heterocycles. The smallest absolute Gasteiger partial charge is 0.137 e. The molecule has 0 fully saturated rings. The molecule has 0 saturated heterocycles. The SMILES string of the molecule is CCNC(Cc1ccc(F)c(Br)c1)c1cncc(Br)c1. The van der Waals surface area contributed by atoms with Crippen molar-refractivity contribution in [2.24, 2.45) is 0 Å². The van der Waals surface area contributed by atoms with Crippen molar-refractivity contribution in [2.75, 3.05) is 6.54 Å². The van der Waals surface area contributed by atoms with Crippen molar-refractivity contribution in [2.45, 2.75) is 19.4 Å². The van der Waals surface area contributed by atoms with E-state index in [0.29, 0.717) is 4.47 Å². The minimum absolute atomic E-state index is 0.155. The van der Waals surface area contributed by atoms with Gasteiger partial charge in [0.25, 0.3) is 0 Å². The summed E-state index contributed by atoms with van der Waals surface area (Å²) in [7, 11) is 0. The Kier molecular flexibility index (Phi) is 5.69. The fraction of sp³-hybridized carbons (Fsp3) is 0.267. The second-order valence-electron chi connectivity index (χ2n) is 4.50. The van der Waals surface area contributed by atoms with Crippen molar-refractivity contribution < 1.29 is 4.39 Å². The summed E-state index contributed by atoms with van der Waals surface area (Å²) >= 11 is 6.67. The van der Waals surface area contributed by atoms with Crippen molar-refractivity contribution >= 4 is 31.9 Å². The van der Waals surface area contributed by atoms with Crippen LogP contribution in [0.1, 0.15) is 24.1 Å². The summed E-state index contributed by atoms with van der Waals surface area (Å²) in [5, 5.41) is 3.44. The molecule has 0 aliphatic rings. The molecule has 2 nitrogen and oxygen atoms in total. The Morgan fingerprint density at radius 3 is 2.70 bits per heavy atom. The number of hydrogen-bond acceptors (Lipinski definition) is 2. The highest BCUT2D eigenvalue weighted by Crippen LogP contribution is 2.23. The summed E-state index contributed by atoms with van der Waals surface area (Å²) < 4.78 is 14.7. The van der Waals surface area contributed by atoms with Crippen molar-refractivity contribution in [3.05, 3.63) is 62.5 Å². The number of benzene rings is 1. The standard InChI is InChI=1S/C15H15Br2FN2/c1-2-20-15(11-7-12(16)9-19-8-11)6-10-3-4-14(18)13(17)5-10/h3-5,7-9,15,20H,2,6H2,1H3. The average molecular weight is 402 g/mol. The van der Waals surface area contributed by atoms with E-state index in [2.05, 4.69) is 55.2 Å². The molecule has 5 heteroatoms. The third-order valence-electron chi connectivity index (χ3n) is 3.00. The van der Waals surface area contributed by atoms with Gasteiger partial charge in [0.05, 0.1) is 4.47 Å². The predicted molar refractivity (Wildman–Crippen MR) is 86.2 cm³/mol. The van der Waals surface area contributed by atoms with Crippen LogP contribution in [0.5, 0.6) is 0 Å². The van der Waals surface area contributed by atoms with Crippen LogP contribution in [0.2, 0.25) is 0 Å². The van der Waals surface area contributed by atoms with Crippen LogP contribution in [0.25, 0.3) is 0 Å². The van der Waals surface area contributed by atoms with Crippen LogP contribution in [0.3, 0.4) is 0 Å². The molecule has 0 spiro atoms. The second kappa shape index (κ2) is 7.29. The summed E-state index contributed by atoms with van der Waals surface area (Å²) in [5.41, 5.74) is 2.19. The Morgan fingerprint density at radius 1 is 1.25 bits per heavy atom. The monoisotopic (exact) mass is 400 g/mol. The Hall–Kier alpha value is -0.780. The highest BCUT2D eigenvalue weighted by Gasteiger charge is 2.13. The highest BCUT2D eigenvalue weighted by molar-refractivity contribution is 9.10. The molecule has 20 heavy (non-hydrogen) atoms. The van der Waals surface area contributed by atoms with E-state index in [1.165, 1.54) is 6.07 Å². The Bertz CT molecular complexity index is 590. The van der Waals surface area contributed by atoms with Crippen LogP contribution in [0.15, 0.2) is 45.6 Å². The number of nitrogens with one attached hydrogen (secondary N) is 1.